The highest BCUT2D eigenvalue weighted by molar-refractivity contribution is 5.70. The second-order valence-electron chi connectivity index (χ2n) is 4.14. The van der Waals surface area contributed by atoms with Gasteiger partial charge in [-0.1, -0.05) is 0 Å². The van der Waals surface area contributed by atoms with Crippen molar-refractivity contribution in [2.24, 2.45) is 5.92 Å². The molecule has 0 bridgehead atoms. The molecule has 1 aliphatic rings. The first kappa shape index (κ1) is 12.5. The molecule has 0 radical (unpaired) electrons. The van der Waals surface area contributed by atoms with Crippen LogP contribution in [0, 0.1) is 5.92 Å². The topological polar surface area (TPSA) is 49.8 Å². The summed E-state index contributed by atoms with van der Waals surface area (Å²) < 4.78 is 5.30. The van der Waals surface area contributed by atoms with E-state index >= 15 is 0 Å². The van der Waals surface area contributed by atoms with Crippen LogP contribution in [0.5, 0.6) is 0 Å². The van der Waals surface area contributed by atoms with E-state index in [1.165, 1.54) is 0 Å². The first-order valence-electron chi connectivity index (χ1n) is 5.69. The van der Waals surface area contributed by atoms with Crippen LogP contribution in [0.15, 0.2) is 0 Å². The van der Waals surface area contributed by atoms with Gasteiger partial charge >= 0.3 is 5.97 Å². The SMILES string of the molecule is CCOCCN1CCC(C(=O)O)CC1C. The third-order valence-corrected chi connectivity index (χ3v) is 3.09. The van der Waals surface area contributed by atoms with Gasteiger partial charge in [-0.3, -0.25) is 9.69 Å². The van der Waals surface area contributed by atoms with Crippen molar-refractivity contribution in [3.63, 3.8) is 0 Å². The van der Waals surface area contributed by atoms with E-state index in [4.69, 9.17) is 9.84 Å². The predicted molar refractivity (Wildman–Crippen MR) is 57.9 cm³/mol. The Balaban J connectivity index is 2.29. The number of piperidine rings is 1. The van der Waals surface area contributed by atoms with Crippen molar-refractivity contribution in [1.82, 2.24) is 4.90 Å². The predicted octanol–water partition coefficient (Wildman–Crippen LogP) is 1.21. The zero-order chi connectivity index (χ0) is 11.3. The highest BCUT2D eigenvalue weighted by Crippen LogP contribution is 2.22. The van der Waals surface area contributed by atoms with Crippen molar-refractivity contribution in [2.75, 3.05) is 26.3 Å². The van der Waals surface area contributed by atoms with Crippen LogP contribution < -0.4 is 0 Å². The van der Waals surface area contributed by atoms with E-state index < -0.39 is 5.97 Å². The van der Waals surface area contributed by atoms with Crippen molar-refractivity contribution in [2.45, 2.75) is 32.7 Å². The summed E-state index contributed by atoms with van der Waals surface area (Å²) in [6.07, 6.45) is 1.53. The lowest BCUT2D eigenvalue weighted by Crippen LogP contribution is -2.44. The maximum absolute atomic E-state index is 10.8. The van der Waals surface area contributed by atoms with E-state index in [9.17, 15) is 4.79 Å². The molecular formula is C11H21NO3. The maximum atomic E-state index is 10.8. The van der Waals surface area contributed by atoms with Crippen LogP contribution in [-0.4, -0.2) is 48.3 Å². The standard InChI is InChI=1S/C11H21NO3/c1-3-15-7-6-12-5-4-10(11(13)14)8-9(12)2/h9-10H,3-8H2,1-2H3,(H,13,14). The Labute approximate surface area is 91.2 Å². The smallest absolute Gasteiger partial charge is 0.306 e. The first-order chi connectivity index (χ1) is 7.15. The number of hydrogen-bond donors (Lipinski definition) is 1. The van der Waals surface area contributed by atoms with Crippen molar-refractivity contribution in [1.29, 1.82) is 0 Å². The van der Waals surface area contributed by atoms with Crippen molar-refractivity contribution in [3.05, 3.63) is 0 Å². The molecule has 88 valence electrons. The molecule has 0 aromatic heterocycles. The molecule has 0 aliphatic carbocycles. The minimum Gasteiger partial charge on any atom is -0.481 e. The Bertz CT molecular complexity index is 208. The average molecular weight is 215 g/mol. The Morgan fingerprint density at radius 3 is 2.87 bits per heavy atom. The molecule has 0 amide bonds. The van der Waals surface area contributed by atoms with E-state index in [0.717, 1.165) is 39.1 Å². The summed E-state index contributed by atoms with van der Waals surface area (Å²) in [4.78, 5) is 13.1. The van der Waals surface area contributed by atoms with Crippen LogP contribution in [0.1, 0.15) is 26.7 Å². The molecule has 1 saturated heterocycles. The van der Waals surface area contributed by atoms with Gasteiger partial charge in [-0.2, -0.15) is 0 Å². The Morgan fingerprint density at radius 1 is 1.60 bits per heavy atom. The lowest BCUT2D eigenvalue weighted by Gasteiger charge is -2.36. The minimum absolute atomic E-state index is 0.150. The third kappa shape index (κ3) is 3.80. The zero-order valence-electron chi connectivity index (χ0n) is 9.61. The summed E-state index contributed by atoms with van der Waals surface area (Å²) in [5.74, 6) is -0.797. The van der Waals surface area contributed by atoms with Gasteiger partial charge in [-0.15, -0.1) is 0 Å². The van der Waals surface area contributed by atoms with E-state index in [1.54, 1.807) is 0 Å². The fourth-order valence-electron chi connectivity index (χ4n) is 2.10. The highest BCUT2D eigenvalue weighted by atomic mass is 16.5. The fourth-order valence-corrected chi connectivity index (χ4v) is 2.10. The summed E-state index contributed by atoms with van der Waals surface area (Å²) in [5, 5.41) is 8.91. The quantitative estimate of drug-likeness (QED) is 0.700. The molecule has 15 heavy (non-hydrogen) atoms. The normalized spacial score (nSPS) is 27.9. The molecular weight excluding hydrogens is 194 g/mol. The molecule has 0 spiro atoms. The zero-order valence-corrected chi connectivity index (χ0v) is 9.61. The minimum atomic E-state index is -0.647. The highest BCUT2D eigenvalue weighted by Gasteiger charge is 2.29. The summed E-state index contributed by atoms with van der Waals surface area (Å²) >= 11 is 0. The van der Waals surface area contributed by atoms with Gasteiger partial charge in [0.05, 0.1) is 12.5 Å². The molecule has 2 atom stereocenters. The van der Waals surface area contributed by atoms with Crippen LogP contribution in [0.3, 0.4) is 0 Å². The van der Waals surface area contributed by atoms with Crippen molar-refractivity contribution in [3.8, 4) is 0 Å². The van der Waals surface area contributed by atoms with Crippen LogP contribution >= 0.6 is 0 Å². The molecule has 1 rings (SSSR count). The molecule has 4 heteroatoms. The van der Waals surface area contributed by atoms with Crippen LogP contribution in [0.4, 0.5) is 0 Å². The van der Waals surface area contributed by atoms with Gasteiger partial charge in [0.2, 0.25) is 0 Å². The second-order valence-corrected chi connectivity index (χ2v) is 4.14. The molecule has 1 fully saturated rings. The second kappa shape index (κ2) is 6.08. The third-order valence-electron chi connectivity index (χ3n) is 3.09. The number of carboxylic acids is 1. The number of likely N-dealkylation sites (tertiary alicyclic amines) is 1. The molecule has 1 heterocycles. The lowest BCUT2D eigenvalue weighted by molar-refractivity contribution is -0.144. The molecule has 1 N–H and O–H groups in total. The van der Waals surface area contributed by atoms with Gasteiger partial charge in [-0.05, 0) is 33.2 Å². The Hall–Kier alpha value is -0.610. The lowest BCUT2D eigenvalue weighted by atomic mass is 9.92. The van der Waals surface area contributed by atoms with Gasteiger partial charge in [-0.25, -0.2) is 0 Å². The number of aliphatic carboxylic acids is 1. The van der Waals surface area contributed by atoms with Gasteiger partial charge in [0.1, 0.15) is 0 Å². The van der Waals surface area contributed by atoms with Crippen molar-refractivity contribution >= 4 is 5.97 Å². The van der Waals surface area contributed by atoms with Gasteiger partial charge in [0, 0.05) is 19.2 Å². The van der Waals surface area contributed by atoms with E-state index in [2.05, 4.69) is 11.8 Å². The monoisotopic (exact) mass is 215 g/mol. The van der Waals surface area contributed by atoms with E-state index in [0.29, 0.717) is 6.04 Å². The molecule has 0 aromatic rings. The molecule has 2 unspecified atom stereocenters. The Morgan fingerprint density at radius 2 is 2.33 bits per heavy atom. The number of hydrogen-bond acceptors (Lipinski definition) is 3. The molecule has 0 aromatic carbocycles. The fraction of sp³-hybridized carbons (Fsp3) is 0.909. The summed E-state index contributed by atoms with van der Waals surface area (Å²) in [5.41, 5.74) is 0. The number of carboxylic acid groups (broad SMARTS) is 1. The van der Waals surface area contributed by atoms with Crippen LogP contribution in [0.25, 0.3) is 0 Å². The van der Waals surface area contributed by atoms with Crippen LogP contribution in [-0.2, 0) is 9.53 Å². The molecule has 0 saturated carbocycles. The maximum Gasteiger partial charge on any atom is 0.306 e. The van der Waals surface area contributed by atoms with Crippen molar-refractivity contribution < 1.29 is 14.6 Å². The average Bonchev–Trinajstić information content (AvgIpc) is 2.20. The number of ether oxygens (including phenoxy) is 1. The number of nitrogens with zero attached hydrogens (tertiary/aromatic N) is 1. The summed E-state index contributed by atoms with van der Waals surface area (Å²) in [6, 6.07) is 0.361. The summed E-state index contributed by atoms with van der Waals surface area (Å²) in [6.45, 7) is 7.38. The molecule has 1 aliphatic heterocycles. The largest absolute Gasteiger partial charge is 0.481 e. The van der Waals surface area contributed by atoms with Gasteiger partial charge in [0.25, 0.3) is 0 Å². The Kier molecular flexibility index (Phi) is 5.05. The number of rotatable bonds is 5. The summed E-state index contributed by atoms with van der Waals surface area (Å²) in [7, 11) is 0. The van der Waals surface area contributed by atoms with E-state index in [-0.39, 0.29) is 5.92 Å². The first-order valence-corrected chi connectivity index (χ1v) is 5.69. The van der Waals surface area contributed by atoms with Crippen LogP contribution in [0.2, 0.25) is 0 Å². The van der Waals surface area contributed by atoms with E-state index in [1.807, 2.05) is 6.92 Å². The number of carbonyl (C=O) groups is 1. The van der Waals surface area contributed by atoms with Gasteiger partial charge in [0.15, 0.2) is 0 Å². The van der Waals surface area contributed by atoms with Gasteiger partial charge < -0.3 is 9.84 Å². The molecule has 4 nitrogen and oxygen atoms in total.